The Hall–Kier alpha value is -1.62. The molecule has 2 aromatic rings. The van der Waals surface area contributed by atoms with Gasteiger partial charge in [-0.2, -0.15) is 13.2 Å². The number of halogens is 4. The first-order chi connectivity index (χ1) is 9.86. The minimum atomic E-state index is -4.43. The largest absolute Gasteiger partial charge is 0.417 e. The second-order valence-electron chi connectivity index (χ2n) is 4.69. The molecule has 2 rings (SSSR count). The van der Waals surface area contributed by atoms with E-state index in [1.807, 2.05) is 30.3 Å². The zero-order valence-electron chi connectivity index (χ0n) is 11.0. The van der Waals surface area contributed by atoms with Crippen molar-refractivity contribution in [3.63, 3.8) is 0 Å². The summed E-state index contributed by atoms with van der Waals surface area (Å²) in [7, 11) is 0. The van der Waals surface area contributed by atoms with Gasteiger partial charge in [-0.05, 0) is 23.3 Å². The zero-order chi connectivity index (χ0) is 15.5. The molecule has 1 nitrogen and oxygen atoms in total. The number of ketones is 1. The van der Waals surface area contributed by atoms with Crippen LogP contribution in [0.1, 0.15) is 16.7 Å². The fourth-order valence-corrected chi connectivity index (χ4v) is 2.48. The predicted molar refractivity (Wildman–Crippen MR) is 78.0 cm³/mol. The van der Waals surface area contributed by atoms with E-state index in [-0.39, 0.29) is 23.1 Å². The lowest BCUT2D eigenvalue weighted by molar-refractivity contribution is -0.138. The van der Waals surface area contributed by atoms with Gasteiger partial charge in [0.1, 0.15) is 5.78 Å². The Bertz CT molecular complexity index is 636. The Balaban J connectivity index is 2.11. The second-order valence-corrected chi connectivity index (χ2v) is 5.54. The molecule has 0 aromatic heterocycles. The lowest BCUT2D eigenvalue weighted by Crippen LogP contribution is -2.10. The van der Waals surface area contributed by atoms with Crippen LogP contribution in [0.2, 0.25) is 0 Å². The van der Waals surface area contributed by atoms with Crippen molar-refractivity contribution in [1.29, 1.82) is 0 Å². The molecule has 0 amide bonds. The third kappa shape index (κ3) is 4.43. The van der Waals surface area contributed by atoms with Crippen LogP contribution in [0.15, 0.2) is 53.0 Å². The molecule has 0 radical (unpaired) electrons. The SMILES string of the molecule is O=C(Cc1ccccc1)Cc1ccc(Br)c(C(F)(F)F)c1. The van der Waals surface area contributed by atoms with Gasteiger partial charge in [0, 0.05) is 17.3 Å². The Morgan fingerprint density at radius 2 is 1.57 bits per heavy atom. The van der Waals surface area contributed by atoms with Gasteiger partial charge < -0.3 is 0 Å². The van der Waals surface area contributed by atoms with Crippen LogP contribution in [0, 0.1) is 0 Å². The molecule has 0 bridgehead atoms. The van der Waals surface area contributed by atoms with Crippen LogP contribution in [0.5, 0.6) is 0 Å². The third-order valence-corrected chi connectivity index (χ3v) is 3.67. The maximum Gasteiger partial charge on any atom is 0.417 e. The molecule has 2 aromatic carbocycles. The first-order valence-electron chi connectivity index (χ1n) is 6.27. The van der Waals surface area contributed by atoms with Crippen LogP contribution in [0.3, 0.4) is 0 Å². The zero-order valence-corrected chi connectivity index (χ0v) is 12.5. The van der Waals surface area contributed by atoms with Crippen molar-refractivity contribution < 1.29 is 18.0 Å². The lowest BCUT2D eigenvalue weighted by atomic mass is 10.0. The molecule has 5 heteroatoms. The van der Waals surface area contributed by atoms with Gasteiger partial charge in [-0.1, -0.05) is 52.3 Å². The van der Waals surface area contributed by atoms with Crippen LogP contribution in [0.25, 0.3) is 0 Å². The molecule has 0 saturated carbocycles. The highest BCUT2D eigenvalue weighted by atomic mass is 79.9. The summed E-state index contributed by atoms with van der Waals surface area (Å²) in [6.07, 6.45) is -4.22. The van der Waals surface area contributed by atoms with Gasteiger partial charge in [-0.15, -0.1) is 0 Å². The highest BCUT2D eigenvalue weighted by Gasteiger charge is 2.33. The van der Waals surface area contributed by atoms with Gasteiger partial charge in [-0.3, -0.25) is 4.79 Å². The monoisotopic (exact) mass is 356 g/mol. The van der Waals surface area contributed by atoms with Crippen LogP contribution in [-0.2, 0) is 23.8 Å². The van der Waals surface area contributed by atoms with Gasteiger partial charge >= 0.3 is 6.18 Å². The number of alkyl halides is 3. The fraction of sp³-hybridized carbons (Fsp3) is 0.188. The van der Waals surface area contributed by atoms with Crippen LogP contribution < -0.4 is 0 Å². The average molecular weight is 357 g/mol. The molecule has 0 N–H and O–H groups in total. The third-order valence-electron chi connectivity index (χ3n) is 2.98. The van der Waals surface area contributed by atoms with E-state index in [1.165, 1.54) is 12.1 Å². The standard InChI is InChI=1S/C16H12BrF3O/c17-15-7-6-12(10-14(15)16(18,19)20)9-13(21)8-11-4-2-1-3-5-11/h1-7,10H,8-9H2. The maximum atomic E-state index is 12.8. The molecule has 110 valence electrons. The van der Waals surface area contributed by atoms with Crippen molar-refractivity contribution in [2.24, 2.45) is 0 Å². The number of hydrogen-bond donors (Lipinski definition) is 0. The summed E-state index contributed by atoms with van der Waals surface area (Å²) in [6, 6.07) is 13.0. The molecule has 0 heterocycles. The van der Waals surface area contributed by atoms with E-state index in [2.05, 4.69) is 15.9 Å². The van der Waals surface area contributed by atoms with Crippen molar-refractivity contribution in [1.82, 2.24) is 0 Å². The summed E-state index contributed by atoms with van der Waals surface area (Å²) < 4.78 is 38.4. The van der Waals surface area contributed by atoms with Crippen LogP contribution in [0.4, 0.5) is 13.2 Å². The molecule has 0 atom stereocenters. The van der Waals surface area contributed by atoms with E-state index >= 15 is 0 Å². The van der Waals surface area contributed by atoms with E-state index in [0.717, 1.165) is 11.6 Å². The molecule has 0 spiro atoms. The van der Waals surface area contributed by atoms with E-state index in [1.54, 1.807) is 0 Å². The number of carbonyl (C=O) groups is 1. The van der Waals surface area contributed by atoms with E-state index in [9.17, 15) is 18.0 Å². The Kier molecular flexibility index (Phi) is 4.83. The van der Waals surface area contributed by atoms with E-state index < -0.39 is 11.7 Å². The summed E-state index contributed by atoms with van der Waals surface area (Å²) >= 11 is 2.88. The second kappa shape index (κ2) is 6.43. The van der Waals surface area contributed by atoms with Crippen molar-refractivity contribution in [3.8, 4) is 0 Å². The van der Waals surface area contributed by atoms with Gasteiger partial charge in [0.25, 0.3) is 0 Å². The molecular formula is C16H12BrF3O. The summed E-state index contributed by atoms with van der Waals surface area (Å²) in [6.45, 7) is 0. The van der Waals surface area contributed by atoms with Crippen LogP contribution >= 0.6 is 15.9 Å². The molecule has 0 aliphatic rings. The van der Waals surface area contributed by atoms with E-state index in [0.29, 0.717) is 5.56 Å². The van der Waals surface area contributed by atoms with Crippen molar-refractivity contribution in [3.05, 3.63) is 69.7 Å². The van der Waals surface area contributed by atoms with Crippen molar-refractivity contribution in [2.75, 3.05) is 0 Å². The van der Waals surface area contributed by atoms with Crippen molar-refractivity contribution >= 4 is 21.7 Å². The molecule has 0 unspecified atom stereocenters. The lowest BCUT2D eigenvalue weighted by Gasteiger charge is -2.11. The number of Topliss-reactive ketones (excluding diaryl/α,β-unsaturated/α-hetero) is 1. The fourth-order valence-electron chi connectivity index (χ4n) is 2.01. The number of benzene rings is 2. The highest BCUT2D eigenvalue weighted by Crippen LogP contribution is 2.35. The topological polar surface area (TPSA) is 17.1 Å². The van der Waals surface area contributed by atoms with Crippen LogP contribution in [-0.4, -0.2) is 5.78 Å². The normalized spacial score (nSPS) is 11.4. The Morgan fingerprint density at radius 1 is 0.952 bits per heavy atom. The highest BCUT2D eigenvalue weighted by molar-refractivity contribution is 9.10. The molecular weight excluding hydrogens is 345 g/mol. The number of hydrogen-bond acceptors (Lipinski definition) is 1. The quantitative estimate of drug-likeness (QED) is 0.767. The number of carbonyl (C=O) groups excluding carboxylic acids is 1. The summed E-state index contributed by atoms with van der Waals surface area (Å²) in [5, 5.41) is 0. The van der Waals surface area contributed by atoms with Gasteiger partial charge in [-0.25, -0.2) is 0 Å². The first kappa shape index (κ1) is 15.8. The average Bonchev–Trinajstić information content (AvgIpc) is 2.41. The van der Waals surface area contributed by atoms with Gasteiger partial charge in [0.15, 0.2) is 0 Å². The number of rotatable bonds is 4. The Morgan fingerprint density at radius 3 is 2.19 bits per heavy atom. The molecule has 21 heavy (non-hydrogen) atoms. The summed E-state index contributed by atoms with van der Waals surface area (Å²) in [5.41, 5.74) is 0.467. The van der Waals surface area contributed by atoms with Crippen molar-refractivity contribution in [2.45, 2.75) is 19.0 Å². The minimum absolute atomic E-state index is 0.00868. The summed E-state index contributed by atoms with van der Waals surface area (Å²) in [4.78, 5) is 11.9. The molecule has 0 aliphatic carbocycles. The minimum Gasteiger partial charge on any atom is -0.299 e. The molecule has 0 saturated heterocycles. The smallest absolute Gasteiger partial charge is 0.299 e. The van der Waals surface area contributed by atoms with Gasteiger partial charge in [0.05, 0.1) is 5.56 Å². The molecule has 0 aliphatic heterocycles. The Labute approximate surface area is 128 Å². The predicted octanol–water partition coefficient (Wildman–Crippen LogP) is 4.82. The van der Waals surface area contributed by atoms with Gasteiger partial charge in [0.2, 0.25) is 0 Å². The molecule has 0 fully saturated rings. The van der Waals surface area contributed by atoms with E-state index in [4.69, 9.17) is 0 Å². The first-order valence-corrected chi connectivity index (χ1v) is 7.07. The maximum absolute atomic E-state index is 12.8. The summed E-state index contributed by atoms with van der Waals surface area (Å²) in [5.74, 6) is -0.114.